The van der Waals surface area contributed by atoms with Gasteiger partial charge in [-0.2, -0.15) is 0 Å². The molecule has 2 N–H and O–H groups in total. The first-order valence-corrected chi connectivity index (χ1v) is 10.6. The van der Waals surface area contributed by atoms with Crippen molar-refractivity contribution in [3.05, 3.63) is 101 Å². The lowest BCUT2D eigenvalue weighted by Crippen LogP contribution is -2.03. The molecule has 5 aromatic rings. The highest BCUT2D eigenvalue weighted by Crippen LogP contribution is 2.27. The zero-order valence-corrected chi connectivity index (χ0v) is 18.3. The van der Waals surface area contributed by atoms with Crippen LogP contribution in [0.25, 0.3) is 27.9 Å². The predicted molar refractivity (Wildman–Crippen MR) is 130 cm³/mol. The summed E-state index contributed by atoms with van der Waals surface area (Å²) in [6.07, 6.45) is 7.62. The summed E-state index contributed by atoms with van der Waals surface area (Å²) in [6, 6.07) is 15.4. The molecule has 0 saturated heterocycles. The van der Waals surface area contributed by atoms with E-state index in [0.717, 1.165) is 5.52 Å². The molecule has 3 heterocycles. The van der Waals surface area contributed by atoms with E-state index >= 15 is 0 Å². The fourth-order valence-electron chi connectivity index (χ4n) is 3.62. The number of H-pyrrole nitrogens is 1. The van der Waals surface area contributed by atoms with Crippen LogP contribution in [-0.4, -0.2) is 31.8 Å². The van der Waals surface area contributed by atoms with Gasteiger partial charge in [-0.15, -0.1) is 0 Å². The van der Waals surface area contributed by atoms with Crippen molar-refractivity contribution >= 4 is 51.2 Å². The third kappa shape index (κ3) is 4.24. The van der Waals surface area contributed by atoms with Crippen molar-refractivity contribution < 1.29 is 19.4 Å². The third-order valence-corrected chi connectivity index (χ3v) is 5.45. The van der Waals surface area contributed by atoms with Gasteiger partial charge in [0.25, 0.3) is 0 Å². The number of nitrogens with one attached hydrogen (secondary N) is 1. The quantitative estimate of drug-likeness (QED) is 0.228. The smallest absolute Gasteiger partial charge is 0.337 e. The van der Waals surface area contributed by atoms with Crippen molar-refractivity contribution in [2.75, 3.05) is 0 Å². The van der Waals surface area contributed by atoms with Crippen molar-refractivity contribution in [3.8, 4) is 11.5 Å². The lowest BCUT2D eigenvalue weighted by molar-refractivity contribution is 0.0696. The Morgan fingerprint density at radius 2 is 1.91 bits per heavy atom. The molecule has 0 radical (unpaired) electrons. The molecule has 5 rings (SSSR count). The number of rotatable bonds is 6. The molecule has 0 saturated carbocycles. The Morgan fingerprint density at radius 3 is 2.71 bits per heavy atom. The number of halogens is 1. The van der Waals surface area contributed by atoms with Crippen LogP contribution in [0, 0.1) is 0 Å². The number of aromatic carboxylic acids is 1. The molecule has 0 fully saturated rings. The van der Waals surface area contributed by atoms with E-state index in [9.17, 15) is 14.7 Å². The van der Waals surface area contributed by atoms with Crippen LogP contribution < -0.4 is 4.74 Å². The van der Waals surface area contributed by atoms with E-state index in [-0.39, 0.29) is 17.0 Å². The summed E-state index contributed by atoms with van der Waals surface area (Å²) in [7, 11) is 0. The first kappa shape index (κ1) is 21.4. The van der Waals surface area contributed by atoms with E-state index < -0.39 is 5.97 Å². The summed E-state index contributed by atoms with van der Waals surface area (Å²) in [4.78, 5) is 36.2. The monoisotopic (exact) mass is 469 g/mol. The number of carbonyl (C=O) groups is 2. The zero-order valence-electron chi connectivity index (χ0n) is 17.5. The summed E-state index contributed by atoms with van der Waals surface area (Å²) in [5, 5.41) is 11.4. The minimum atomic E-state index is -1.14. The minimum absolute atomic E-state index is 0.0186. The molecular formula is C26H16ClN3O4. The van der Waals surface area contributed by atoms with E-state index in [1.165, 1.54) is 18.2 Å². The molecule has 8 heteroatoms. The van der Waals surface area contributed by atoms with Gasteiger partial charge in [-0.25, -0.2) is 9.78 Å². The van der Waals surface area contributed by atoms with Crippen LogP contribution in [0.15, 0.2) is 79.3 Å². The largest absolute Gasteiger partial charge is 0.478 e. The molecule has 166 valence electrons. The van der Waals surface area contributed by atoms with Crippen molar-refractivity contribution in [2.24, 2.45) is 0 Å². The number of hydrogen-bond acceptors (Lipinski definition) is 5. The van der Waals surface area contributed by atoms with Gasteiger partial charge in [0, 0.05) is 45.3 Å². The summed E-state index contributed by atoms with van der Waals surface area (Å²) >= 11 is 6.00. The molecule has 0 aliphatic carbocycles. The molecule has 7 nitrogen and oxygen atoms in total. The highest BCUT2D eigenvalue weighted by atomic mass is 35.5. The van der Waals surface area contributed by atoms with E-state index in [1.54, 1.807) is 67.1 Å². The number of aromatic amines is 1. The topological polar surface area (TPSA) is 105 Å². The van der Waals surface area contributed by atoms with Gasteiger partial charge in [-0.3, -0.25) is 9.78 Å². The molecule has 2 aromatic carbocycles. The fraction of sp³-hybridized carbons (Fsp3) is 0. The van der Waals surface area contributed by atoms with Crippen LogP contribution in [0.4, 0.5) is 0 Å². The SMILES string of the molecule is O=C(O)c1cc2cc(Cl)ccc2nc1C=CC(=O)c1c[nH]c2cc(Oc3cccnc3)ccc12. The van der Waals surface area contributed by atoms with Crippen LogP contribution in [0.3, 0.4) is 0 Å². The number of aromatic nitrogens is 3. The Morgan fingerprint density at radius 1 is 1.03 bits per heavy atom. The number of allylic oxidation sites excluding steroid dienone is 1. The number of carboxylic acids is 1. The average molecular weight is 470 g/mol. The Bertz CT molecular complexity index is 1590. The number of nitrogens with zero attached hydrogens (tertiary/aromatic N) is 2. The lowest BCUT2D eigenvalue weighted by Gasteiger charge is -2.05. The van der Waals surface area contributed by atoms with Crippen LogP contribution in [0.2, 0.25) is 5.02 Å². The summed E-state index contributed by atoms with van der Waals surface area (Å²) < 4.78 is 5.79. The third-order valence-electron chi connectivity index (χ3n) is 5.22. The first-order valence-electron chi connectivity index (χ1n) is 10.2. The number of fused-ring (bicyclic) bond motifs is 2. The molecule has 0 atom stereocenters. The Kier molecular flexibility index (Phi) is 5.53. The van der Waals surface area contributed by atoms with Gasteiger partial charge < -0.3 is 14.8 Å². The van der Waals surface area contributed by atoms with E-state index in [1.807, 2.05) is 0 Å². The Balaban J connectivity index is 1.44. The van der Waals surface area contributed by atoms with E-state index in [2.05, 4.69) is 15.0 Å². The summed E-state index contributed by atoms with van der Waals surface area (Å²) in [5.74, 6) is -0.230. The average Bonchev–Trinajstić information content (AvgIpc) is 3.26. The van der Waals surface area contributed by atoms with Crippen LogP contribution in [-0.2, 0) is 0 Å². The number of ether oxygens (including phenoxy) is 1. The summed E-state index contributed by atoms with van der Waals surface area (Å²) in [5.41, 5.74) is 1.92. The van der Waals surface area contributed by atoms with E-state index in [0.29, 0.717) is 38.4 Å². The highest BCUT2D eigenvalue weighted by molar-refractivity contribution is 6.31. The number of hydrogen-bond donors (Lipinski definition) is 2. The Hall–Kier alpha value is -4.49. The second-order valence-corrected chi connectivity index (χ2v) is 7.90. The van der Waals surface area contributed by atoms with Gasteiger partial charge in [0.2, 0.25) is 0 Å². The van der Waals surface area contributed by atoms with Gasteiger partial charge >= 0.3 is 5.97 Å². The van der Waals surface area contributed by atoms with Crippen molar-refractivity contribution in [2.45, 2.75) is 0 Å². The van der Waals surface area contributed by atoms with Gasteiger partial charge in [0.15, 0.2) is 5.78 Å². The van der Waals surface area contributed by atoms with Gasteiger partial charge in [-0.1, -0.05) is 11.6 Å². The molecule has 0 spiro atoms. The standard InChI is InChI=1S/C26H16ClN3O4/c27-16-3-6-22-15(10-16)11-20(26(32)33)23(30-22)7-8-25(31)21-14-29-24-12-17(4-5-19(21)24)34-18-2-1-9-28-13-18/h1-14,29H,(H,32,33). The molecule has 0 aliphatic rings. The molecular weight excluding hydrogens is 454 g/mol. The highest BCUT2D eigenvalue weighted by Gasteiger charge is 2.14. The van der Waals surface area contributed by atoms with Crippen LogP contribution >= 0.6 is 11.6 Å². The number of benzene rings is 2. The van der Waals surface area contributed by atoms with Crippen LogP contribution in [0.1, 0.15) is 26.4 Å². The second-order valence-electron chi connectivity index (χ2n) is 7.46. The van der Waals surface area contributed by atoms with Gasteiger partial charge in [0.05, 0.1) is 23.0 Å². The first-order chi connectivity index (χ1) is 16.5. The van der Waals surface area contributed by atoms with Gasteiger partial charge in [-0.05, 0) is 60.7 Å². The normalized spacial score (nSPS) is 11.3. The second kappa shape index (κ2) is 8.80. The number of pyridine rings is 2. The maximum Gasteiger partial charge on any atom is 0.337 e. The maximum atomic E-state index is 12.9. The molecule has 0 aliphatic heterocycles. The van der Waals surface area contributed by atoms with Crippen molar-refractivity contribution in [1.29, 1.82) is 0 Å². The number of carboxylic acid groups (broad SMARTS) is 1. The molecule has 0 amide bonds. The van der Waals surface area contributed by atoms with Crippen LogP contribution in [0.5, 0.6) is 11.5 Å². The summed E-state index contributed by atoms with van der Waals surface area (Å²) in [6.45, 7) is 0. The number of carbonyl (C=O) groups excluding carboxylic acids is 1. The molecule has 0 bridgehead atoms. The predicted octanol–water partition coefficient (Wildman–Crippen LogP) is 6.15. The Labute approximate surface area is 198 Å². The van der Waals surface area contributed by atoms with E-state index in [4.69, 9.17) is 16.3 Å². The van der Waals surface area contributed by atoms with Crippen molar-refractivity contribution in [1.82, 2.24) is 15.0 Å². The van der Waals surface area contributed by atoms with Gasteiger partial charge in [0.1, 0.15) is 11.5 Å². The van der Waals surface area contributed by atoms with Crippen molar-refractivity contribution in [3.63, 3.8) is 0 Å². The maximum absolute atomic E-state index is 12.9. The molecule has 3 aromatic heterocycles. The molecule has 34 heavy (non-hydrogen) atoms. The zero-order chi connectivity index (χ0) is 23.7. The molecule has 0 unspecified atom stereocenters. The number of ketones is 1. The minimum Gasteiger partial charge on any atom is -0.478 e. The lowest BCUT2D eigenvalue weighted by atomic mass is 10.1. The fourth-order valence-corrected chi connectivity index (χ4v) is 3.80.